The van der Waals surface area contributed by atoms with Gasteiger partial charge in [-0.25, -0.2) is 0 Å². The van der Waals surface area contributed by atoms with Crippen LogP contribution in [0.3, 0.4) is 0 Å². The van der Waals surface area contributed by atoms with E-state index in [2.05, 4.69) is 46.4 Å². The number of nitrogens with zero attached hydrogens (tertiary/aromatic N) is 2. The fourth-order valence-corrected chi connectivity index (χ4v) is 4.45. The van der Waals surface area contributed by atoms with Gasteiger partial charge in [-0.15, -0.1) is 0 Å². The molecule has 0 aromatic heterocycles. The number of thiocarbonyl (C=S) groups is 1. The highest BCUT2D eigenvalue weighted by molar-refractivity contribution is 7.80. The summed E-state index contributed by atoms with van der Waals surface area (Å²) >= 11 is 5.45. The van der Waals surface area contributed by atoms with E-state index in [1.165, 1.54) is 5.56 Å². The minimum atomic E-state index is -0.274. The van der Waals surface area contributed by atoms with Gasteiger partial charge in [-0.2, -0.15) is 0 Å². The summed E-state index contributed by atoms with van der Waals surface area (Å²) in [5.74, 6) is 0.194. The molecule has 5 nitrogen and oxygen atoms in total. The van der Waals surface area contributed by atoms with Gasteiger partial charge >= 0.3 is 0 Å². The molecule has 1 amide bonds. The molecular weight excluding hydrogens is 332 g/mol. The Morgan fingerprint density at radius 2 is 2.00 bits per heavy atom. The lowest BCUT2D eigenvalue weighted by molar-refractivity contribution is -0.136. The first-order chi connectivity index (χ1) is 12.0. The van der Waals surface area contributed by atoms with Crippen LogP contribution in [-0.2, 0) is 4.79 Å². The molecule has 136 valence electrons. The maximum absolute atomic E-state index is 12.9. The first kappa shape index (κ1) is 18.1. The molecule has 3 rings (SSSR count). The lowest BCUT2D eigenvalue weighted by Gasteiger charge is -2.47. The number of nitrogens with one attached hydrogen (secondary N) is 2. The predicted molar refractivity (Wildman–Crippen MR) is 104 cm³/mol. The van der Waals surface area contributed by atoms with Crippen molar-refractivity contribution in [1.29, 1.82) is 0 Å². The zero-order valence-corrected chi connectivity index (χ0v) is 16.1. The molecule has 2 aliphatic heterocycles. The van der Waals surface area contributed by atoms with Crippen molar-refractivity contribution in [2.75, 3.05) is 19.6 Å². The number of piperidine rings is 1. The Labute approximate surface area is 155 Å². The number of likely N-dealkylation sites (tertiary alicyclic amines) is 1. The summed E-state index contributed by atoms with van der Waals surface area (Å²) < 4.78 is 0. The van der Waals surface area contributed by atoms with E-state index in [0.717, 1.165) is 37.6 Å². The van der Waals surface area contributed by atoms with Gasteiger partial charge in [0.15, 0.2) is 5.11 Å². The van der Waals surface area contributed by atoms with E-state index in [-0.39, 0.29) is 23.7 Å². The molecule has 0 unspecified atom stereocenters. The Bertz CT molecular complexity index is 628. The second kappa shape index (κ2) is 7.30. The van der Waals surface area contributed by atoms with Gasteiger partial charge < -0.3 is 15.1 Å². The molecule has 1 aromatic carbocycles. The van der Waals surface area contributed by atoms with E-state index in [4.69, 9.17) is 12.2 Å². The Kier molecular flexibility index (Phi) is 5.29. The molecular formula is C19H28N4OS. The van der Waals surface area contributed by atoms with Crippen molar-refractivity contribution in [3.8, 4) is 0 Å². The van der Waals surface area contributed by atoms with Crippen LogP contribution < -0.4 is 10.6 Å². The van der Waals surface area contributed by atoms with Crippen LogP contribution in [0.2, 0.25) is 0 Å². The molecule has 2 fully saturated rings. The summed E-state index contributed by atoms with van der Waals surface area (Å²) in [5, 5.41) is 7.64. The molecule has 0 saturated carbocycles. The Morgan fingerprint density at radius 1 is 1.36 bits per heavy atom. The minimum Gasteiger partial charge on any atom is -0.363 e. The number of carbonyl (C=O) groups is 1. The smallest absolute Gasteiger partial charge is 0.241 e. The summed E-state index contributed by atoms with van der Waals surface area (Å²) in [5.41, 5.74) is 0.904. The number of benzene rings is 1. The Hall–Kier alpha value is -1.66. The predicted octanol–water partition coefficient (Wildman–Crippen LogP) is 2.25. The third-order valence-corrected chi connectivity index (χ3v) is 5.83. The molecule has 0 bridgehead atoms. The highest BCUT2D eigenvalue weighted by Crippen LogP contribution is 2.38. The van der Waals surface area contributed by atoms with Gasteiger partial charge in [0.05, 0.1) is 17.7 Å². The topological polar surface area (TPSA) is 47.6 Å². The second-order valence-electron chi connectivity index (χ2n) is 7.02. The SMILES string of the molecule is CCNC(=S)N1CCC2(CC1)N[C@H](C)C(=O)N2[C@@H](C)c1ccccc1. The first-order valence-electron chi connectivity index (χ1n) is 9.17. The van der Waals surface area contributed by atoms with Crippen LogP contribution in [0.5, 0.6) is 0 Å². The average Bonchev–Trinajstić information content (AvgIpc) is 2.86. The molecule has 0 aliphatic carbocycles. The molecule has 2 N–H and O–H groups in total. The lowest BCUT2D eigenvalue weighted by Crippen LogP contribution is -2.60. The molecule has 2 atom stereocenters. The molecule has 2 saturated heterocycles. The number of hydrogen-bond acceptors (Lipinski definition) is 3. The average molecular weight is 361 g/mol. The van der Waals surface area contributed by atoms with Gasteiger partial charge in [-0.05, 0) is 38.6 Å². The summed E-state index contributed by atoms with van der Waals surface area (Å²) in [7, 11) is 0. The van der Waals surface area contributed by atoms with E-state index in [9.17, 15) is 4.79 Å². The second-order valence-corrected chi connectivity index (χ2v) is 7.40. The number of carbonyl (C=O) groups excluding carboxylic acids is 1. The van der Waals surface area contributed by atoms with Gasteiger partial charge in [-0.1, -0.05) is 30.3 Å². The van der Waals surface area contributed by atoms with Crippen molar-refractivity contribution in [2.45, 2.75) is 51.4 Å². The monoisotopic (exact) mass is 360 g/mol. The van der Waals surface area contributed by atoms with Crippen LogP contribution in [-0.4, -0.2) is 52.2 Å². The van der Waals surface area contributed by atoms with Crippen molar-refractivity contribution in [1.82, 2.24) is 20.4 Å². The van der Waals surface area contributed by atoms with Crippen LogP contribution in [0.25, 0.3) is 0 Å². The maximum atomic E-state index is 12.9. The van der Waals surface area contributed by atoms with Gasteiger partial charge in [0.2, 0.25) is 5.91 Å². The van der Waals surface area contributed by atoms with E-state index < -0.39 is 0 Å². The fourth-order valence-electron chi connectivity index (χ4n) is 4.12. The quantitative estimate of drug-likeness (QED) is 0.810. The van der Waals surface area contributed by atoms with Gasteiger partial charge in [-0.3, -0.25) is 10.1 Å². The largest absolute Gasteiger partial charge is 0.363 e. The van der Waals surface area contributed by atoms with Gasteiger partial charge in [0.1, 0.15) is 0 Å². The maximum Gasteiger partial charge on any atom is 0.241 e. The zero-order valence-electron chi connectivity index (χ0n) is 15.3. The highest BCUT2D eigenvalue weighted by atomic mass is 32.1. The Balaban J connectivity index is 1.80. The molecule has 25 heavy (non-hydrogen) atoms. The molecule has 2 heterocycles. The molecule has 6 heteroatoms. The molecule has 1 spiro atoms. The van der Waals surface area contributed by atoms with Crippen molar-refractivity contribution >= 4 is 23.2 Å². The molecule has 2 aliphatic rings. The fraction of sp³-hybridized carbons (Fsp3) is 0.579. The molecule has 0 radical (unpaired) electrons. The standard InChI is InChI=1S/C19H28N4OS/c1-4-20-18(25)22-12-10-19(11-13-22)21-14(2)17(24)23(19)15(3)16-8-6-5-7-9-16/h5-9,14-15,21H,4,10-13H2,1-3H3,(H,20,25)/t14-,15+/m1/s1. The third-order valence-electron chi connectivity index (χ3n) is 5.43. The summed E-state index contributed by atoms with van der Waals surface area (Å²) in [6.07, 6.45) is 1.76. The number of amides is 1. The van der Waals surface area contributed by atoms with Crippen LogP contribution in [0.1, 0.15) is 45.2 Å². The summed E-state index contributed by atoms with van der Waals surface area (Å²) in [6, 6.07) is 10.2. The van der Waals surface area contributed by atoms with E-state index in [0.29, 0.717) is 0 Å². The van der Waals surface area contributed by atoms with Crippen LogP contribution in [0.4, 0.5) is 0 Å². The molecule has 1 aromatic rings. The van der Waals surface area contributed by atoms with E-state index in [1.54, 1.807) is 0 Å². The van der Waals surface area contributed by atoms with Crippen LogP contribution in [0, 0.1) is 0 Å². The zero-order chi connectivity index (χ0) is 18.0. The van der Waals surface area contributed by atoms with Gasteiger partial charge in [0, 0.05) is 32.5 Å². The van der Waals surface area contributed by atoms with Crippen LogP contribution in [0.15, 0.2) is 30.3 Å². The van der Waals surface area contributed by atoms with Crippen LogP contribution >= 0.6 is 12.2 Å². The van der Waals surface area contributed by atoms with Crippen molar-refractivity contribution in [2.24, 2.45) is 0 Å². The van der Waals surface area contributed by atoms with Gasteiger partial charge in [0.25, 0.3) is 0 Å². The summed E-state index contributed by atoms with van der Waals surface area (Å²) in [4.78, 5) is 17.2. The Morgan fingerprint density at radius 3 is 2.60 bits per heavy atom. The van der Waals surface area contributed by atoms with Crippen molar-refractivity contribution < 1.29 is 4.79 Å². The van der Waals surface area contributed by atoms with Crippen molar-refractivity contribution in [3.05, 3.63) is 35.9 Å². The van der Waals surface area contributed by atoms with E-state index >= 15 is 0 Å². The first-order valence-corrected chi connectivity index (χ1v) is 9.58. The highest BCUT2D eigenvalue weighted by Gasteiger charge is 2.52. The third kappa shape index (κ3) is 3.37. The summed E-state index contributed by atoms with van der Waals surface area (Å²) in [6.45, 7) is 8.71. The normalized spacial score (nSPS) is 23.8. The lowest BCUT2D eigenvalue weighted by atomic mass is 9.93. The van der Waals surface area contributed by atoms with Crippen molar-refractivity contribution in [3.63, 3.8) is 0 Å². The number of rotatable bonds is 3. The minimum absolute atomic E-state index is 0.0541. The van der Waals surface area contributed by atoms with E-state index in [1.807, 2.05) is 25.1 Å². The number of hydrogen-bond donors (Lipinski definition) is 2.